The van der Waals surface area contributed by atoms with E-state index in [0.29, 0.717) is 31.6 Å². The van der Waals surface area contributed by atoms with Crippen LogP contribution in [0.4, 0.5) is 0 Å². The molecule has 1 unspecified atom stereocenters. The highest BCUT2D eigenvalue weighted by molar-refractivity contribution is 5.97. The number of Topliss-reactive ketones (excluding diaryl/α,β-unsaturated/α-hetero) is 2. The first-order valence-electron chi connectivity index (χ1n) is 9.62. The van der Waals surface area contributed by atoms with E-state index in [2.05, 4.69) is 5.32 Å². The molecule has 2 aliphatic carbocycles. The fourth-order valence-electron chi connectivity index (χ4n) is 4.09. The van der Waals surface area contributed by atoms with Gasteiger partial charge < -0.3 is 11.1 Å². The molecule has 1 fully saturated rings. The molecule has 0 bridgehead atoms. The Morgan fingerprint density at radius 3 is 2.54 bits per heavy atom. The van der Waals surface area contributed by atoms with E-state index in [1.165, 1.54) is 0 Å². The molecule has 1 saturated carbocycles. The third kappa shape index (κ3) is 4.79. The van der Waals surface area contributed by atoms with Crippen molar-refractivity contribution in [3.8, 4) is 0 Å². The van der Waals surface area contributed by atoms with Crippen molar-refractivity contribution in [2.24, 2.45) is 11.7 Å². The Morgan fingerprint density at radius 2 is 1.85 bits per heavy atom. The first-order chi connectivity index (χ1) is 12.4. The fraction of sp³-hybridized carbons (Fsp3) is 0.571. The fourth-order valence-corrected chi connectivity index (χ4v) is 4.09. The molecule has 0 aromatic heterocycles. The standard InChI is InChI=1S/C21H28N2O3/c1-13(22)8-21(26)23-18-6-2-14(3-7-18)9-20(25)16-5-4-15-11-19(24)12-17(15)10-16/h4-5,10,13-14,18H,2-3,6-9,11-12,22H2,1H3,(H,23,26). The van der Waals surface area contributed by atoms with Gasteiger partial charge in [-0.3, -0.25) is 14.4 Å². The van der Waals surface area contributed by atoms with Gasteiger partial charge in [0.1, 0.15) is 5.78 Å². The number of benzene rings is 1. The lowest BCUT2D eigenvalue weighted by atomic mass is 9.82. The summed E-state index contributed by atoms with van der Waals surface area (Å²) in [5.41, 5.74) is 8.46. The van der Waals surface area contributed by atoms with Gasteiger partial charge >= 0.3 is 0 Å². The number of nitrogens with two attached hydrogens (primary N) is 1. The summed E-state index contributed by atoms with van der Waals surface area (Å²) in [5, 5.41) is 3.05. The van der Waals surface area contributed by atoms with E-state index in [0.717, 1.165) is 42.4 Å². The second-order valence-corrected chi connectivity index (χ2v) is 7.97. The molecule has 3 rings (SSSR count). The minimum Gasteiger partial charge on any atom is -0.353 e. The van der Waals surface area contributed by atoms with Crippen molar-refractivity contribution in [2.45, 2.75) is 70.4 Å². The summed E-state index contributed by atoms with van der Waals surface area (Å²) >= 11 is 0. The lowest BCUT2D eigenvalue weighted by Crippen LogP contribution is -2.39. The second-order valence-electron chi connectivity index (χ2n) is 7.97. The van der Waals surface area contributed by atoms with Gasteiger partial charge in [-0.25, -0.2) is 0 Å². The smallest absolute Gasteiger partial charge is 0.221 e. The van der Waals surface area contributed by atoms with Crippen LogP contribution in [0.2, 0.25) is 0 Å². The average molecular weight is 356 g/mol. The van der Waals surface area contributed by atoms with Gasteiger partial charge in [-0.15, -0.1) is 0 Å². The number of hydrogen-bond donors (Lipinski definition) is 2. The summed E-state index contributed by atoms with van der Waals surface area (Å²) in [6.07, 6.45) is 5.62. The third-order valence-corrected chi connectivity index (χ3v) is 5.50. The van der Waals surface area contributed by atoms with Gasteiger partial charge in [0.15, 0.2) is 5.78 Å². The van der Waals surface area contributed by atoms with Gasteiger partial charge in [0.2, 0.25) is 5.91 Å². The first kappa shape index (κ1) is 18.8. The summed E-state index contributed by atoms with van der Waals surface area (Å²) in [4.78, 5) is 36.0. The van der Waals surface area contributed by atoms with Crippen LogP contribution < -0.4 is 11.1 Å². The number of amides is 1. The monoisotopic (exact) mass is 356 g/mol. The van der Waals surface area contributed by atoms with E-state index < -0.39 is 0 Å². The summed E-state index contributed by atoms with van der Waals surface area (Å²) in [6.45, 7) is 1.83. The molecule has 26 heavy (non-hydrogen) atoms. The molecule has 3 N–H and O–H groups in total. The molecule has 0 radical (unpaired) electrons. The topological polar surface area (TPSA) is 89.3 Å². The van der Waals surface area contributed by atoms with Gasteiger partial charge in [-0.2, -0.15) is 0 Å². The number of carbonyl (C=O) groups excluding carboxylic acids is 3. The second kappa shape index (κ2) is 8.12. The normalized spacial score (nSPS) is 23.4. The van der Waals surface area contributed by atoms with Crippen LogP contribution in [-0.2, 0) is 22.4 Å². The number of ketones is 2. The Balaban J connectivity index is 1.47. The molecule has 1 aromatic carbocycles. The number of nitrogens with one attached hydrogen (secondary N) is 1. The van der Waals surface area contributed by atoms with Gasteiger partial charge in [-0.05, 0) is 55.7 Å². The zero-order valence-corrected chi connectivity index (χ0v) is 15.4. The Bertz CT molecular complexity index is 703. The lowest BCUT2D eigenvalue weighted by molar-refractivity contribution is -0.122. The van der Waals surface area contributed by atoms with Crippen molar-refractivity contribution < 1.29 is 14.4 Å². The van der Waals surface area contributed by atoms with Crippen LogP contribution in [0.25, 0.3) is 0 Å². The van der Waals surface area contributed by atoms with E-state index in [1.807, 2.05) is 25.1 Å². The van der Waals surface area contributed by atoms with Gasteiger partial charge in [0.25, 0.3) is 0 Å². The third-order valence-electron chi connectivity index (χ3n) is 5.50. The van der Waals surface area contributed by atoms with Crippen molar-refractivity contribution in [3.05, 3.63) is 34.9 Å². The van der Waals surface area contributed by atoms with Crippen LogP contribution in [0.3, 0.4) is 0 Å². The Labute approximate surface area is 154 Å². The summed E-state index contributed by atoms with van der Waals surface area (Å²) in [5.74, 6) is 0.789. The molecule has 0 heterocycles. The zero-order valence-electron chi connectivity index (χ0n) is 15.4. The highest BCUT2D eigenvalue weighted by Crippen LogP contribution is 2.29. The molecule has 0 aliphatic heterocycles. The highest BCUT2D eigenvalue weighted by Gasteiger charge is 2.25. The number of rotatable bonds is 6. The Morgan fingerprint density at radius 1 is 1.15 bits per heavy atom. The van der Waals surface area contributed by atoms with Crippen molar-refractivity contribution >= 4 is 17.5 Å². The molecular weight excluding hydrogens is 328 g/mol. The zero-order chi connectivity index (χ0) is 18.7. The van der Waals surface area contributed by atoms with Crippen LogP contribution in [0.15, 0.2) is 18.2 Å². The van der Waals surface area contributed by atoms with E-state index in [4.69, 9.17) is 5.73 Å². The van der Waals surface area contributed by atoms with Crippen molar-refractivity contribution in [1.29, 1.82) is 0 Å². The maximum absolute atomic E-state index is 12.6. The SMILES string of the molecule is CC(N)CC(=O)NC1CCC(CC(=O)c2ccc3c(c2)CC(=O)C3)CC1. The number of fused-ring (bicyclic) bond motifs is 1. The minimum atomic E-state index is -0.119. The summed E-state index contributed by atoms with van der Waals surface area (Å²) in [7, 11) is 0. The Hall–Kier alpha value is -2.01. The lowest BCUT2D eigenvalue weighted by Gasteiger charge is -2.29. The largest absolute Gasteiger partial charge is 0.353 e. The van der Waals surface area contributed by atoms with Gasteiger partial charge in [0.05, 0.1) is 0 Å². The van der Waals surface area contributed by atoms with Crippen LogP contribution in [-0.4, -0.2) is 29.6 Å². The van der Waals surface area contributed by atoms with Crippen LogP contribution >= 0.6 is 0 Å². The first-order valence-corrected chi connectivity index (χ1v) is 9.62. The van der Waals surface area contributed by atoms with Crippen LogP contribution in [0.5, 0.6) is 0 Å². The number of carbonyl (C=O) groups is 3. The maximum atomic E-state index is 12.6. The van der Waals surface area contributed by atoms with E-state index in [9.17, 15) is 14.4 Å². The van der Waals surface area contributed by atoms with Crippen molar-refractivity contribution in [3.63, 3.8) is 0 Å². The average Bonchev–Trinajstić information content (AvgIpc) is 2.95. The van der Waals surface area contributed by atoms with Crippen molar-refractivity contribution in [1.82, 2.24) is 5.32 Å². The minimum absolute atomic E-state index is 0.0206. The van der Waals surface area contributed by atoms with Crippen molar-refractivity contribution in [2.75, 3.05) is 0 Å². The molecule has 1 amide bonds. The molecule has 0 spiro atoms. The summed E-state index contributed by atoms with van der Waals surface area (Å²) < 4.78 is 0. The van der Waals surface area contributed by atoms with Crippen LogP contribution in [0.1, 0.15) is 66.9 Å². The Kier molecular flexibility index (Phi) is 5.87. The number of hydrogen-bond acceptors (Lipinski definition) is 4. The van der Waals surface area contributed by atoms with E-state index in [-0.39, 0.29) is 29.6 Å². The van der Waals surface area contributed by atoms with Crippen LogP contribution in [0, 0.1) is 5.92 Å². The molecule has 1 atom stereocenters. The van der Waals surface area contributed by atoms with E-state index >= 15 is 0 Å². The maximum Gasteiger partial charge on any atom is 0.221 e. The molecule has 2 aliphatic rings. The molecule has 140 valence electrons. The molecular formula is C21H28N2O3. The quantitative estimate of drug-likeness (QED) is 0.766. The predicted octanol–water partition coefficient (Wildman–Crippen LogP) is 2.34. The highest BCUT2D eigenvalue weighted by atomic mass is 16.1. The summed E-state index contributed by atoms with van der Waals surface area (Å²) in [6, 6.07) is 5.78. The van der Waals surface area contributed by atoms with E-state index in [1.54, 1.807) is 0 Å². The molecule has 0 saturated heterocycles. The van der Waals surface area contributed by atoms with Gasteiger partial charge in [0, 0.05) is 43.3 Å². The molecule has 5 nitrogen and oxygen atoms in total. The molecule has 1 aromatic rings. The van der Waals surface area contributed by atoms with Gasteiger partial charge in [-0.1, -0.05) is 12.1 Å². The molecule has 5 heteroatoms. The predicted molar refractivity (Wildman–Crippen MR) is 100.0 cm³/mol.